The van der Waals surface area contributed by atoms with E-state index in [0.29, 0.717) is 5.82 Å². The Balaban J connectivity index is 2.10. The van der Waals surface area contributed by atoms with E-state index < -0.39 is 0 Å². The molecule has 4 nitrogen and oxygen atoms in total. The Kier molecular flexibility index (Phi) is 2.44. The molecule has 0 aliphatic heterocycles. The summed E-state index contributed by atoms with van der Waals surface area (Å²) in [5.41, 5.74) is 11.0. The van der Waals surface area contributed by atoms with E-state index in [-0.39, 0.29) is 0 Å². The maximum Gasteiger partial charge on any atom is 0.142 e. The van der Waals surface area contributed by atoms with Gasteiger partial charge in [0.15, 0.2) is 0 Å². The minimum Gasteiger partial charge on any atom is -0.383 e. The molecule has 0 spiro atoms. The van der Waals surface area contributed by atoms with Gasteiger partial charge in [0.05, 0.1) is 5.52 Å². The van der Waals surface area contributed by atoms with Gasteiger partial charge >= 0.3 is 0 Å². The van der Waals surface area contributed by atoms with Gasteiger partial charge in [0.25, 0.3) is 0 Å². The number of aryl methyl sites for hydroxylation is 1. The van der Waals surface area contributed by atoms with Crippen LogP contribution in [0.4, 0.5) is 5.82 Å². The molecule has 21 heavy (non-hydrogen) atoms. The number of hydrogen-bond donors (Lipinski definition) is 1. The van der Waals surface area contributed by atoms with Gasteiger partial charge in [-0.05, 0) is 24.6 Å². The maximum absolute atomic E-state index is 6.30. The number of hydrogen-bond acceptors (Lipinski definition) is 3. The van der Waals surface area contributed by atoms with Crippen LogP contribution in [0, 0.1) is 6.92 Å². The summed E-state index contributed by atoms with van der Waals surface area (Å²) in [6.07, 6.45) is 3.73. The molecule has 0 unspecified atom stereocenters. The lowest BCUT2D eigenvalue weighted by molar-refractivity contribution is 1.17. The second-order valence-corrected chi connectivity index (χ2v) is 5.11. The molecule has 0 amide bonds. The largest absolute Gasteiger partial charge is 0.383 e. The Labute approximate surface area is 121 Å². The molecule has 1 aromatic carbocycles. The summed E-state index contributed by atoms with van der Waals surface area (Å²) in [4.78, 5) is 9.22. The average molecular weight is 274 g/mol. The Hall–Kier alpha value is -2.88. The second kappa shape index (κ2) is 4.31. The third-order valence-corrected chi connectivity index (χ3v) is 3.77. The van der Waals surface area contributed by atoms with E-state index in [1.54, 1.807) is 6.20 Å². The monoisotopic (exact) mass is 274 g/mol. The number of aromatic nitrogens is 3. The molecule has 3 heterocycles. The Morgan fingerprint density at radius 2 is 1.90 bits per heavy atom. The number of nitrogens with zero attached hydrogens (tertiary/aromatic N) is 3. The highest BCUT2D eigenvalue weighted by molar-refractivity contribution is 5.95. The fraction of sp³-hybridized carbons (Fsp3) is 0.0588. The zero-order valence-corrected chi connectivity index (χ0v) is 11.6. The molecular formula is C17H14N4. The highest BCUT2D eigenvalue weighted by atomic mass is 15.1. The molecule has 102 valence electrons. The van der Waals surface area contributed by atoms with Crippen molar-refractivity contribution in [2.24, 2.45) is 0 Å². The van der Waals surface area contributed by atoms with E-state index in [1.165, 1.54) is 0 Å². The van der Waals surface area contributed by atoms with Crippen LogP contribution in [0.15, 0.2) is 54.9 Å². The fourth-order valence-electron chi connectivity index (χ4n) is 2.72. The molecule has 3 aromatic heterocycles. The molecular weight excluding hydrogens is 260 g/mol. The SMILES string of the molecule is Cc1cccn2c(N)c(-c3cccc4cccnc34)nc12. The molecule has 0 atom stereocenters. The van der Waals surface area contributed by atoms with Gasteiger partial charge in [-0.15, -0.1) is 0 Å². The molecule has 0 fully saturated rings. The molecule has 0 bridgehead atoms. The highest BCUT2D eigenvalue weighted by Crippen LogP contribution is 2.31. The number of nitrogen functional groups attached to an aromatic ring is 1. The van der Waals surface area contributed by atoms with Crippen molar-refractivity contribution in [3.05, 3.63) is 60.4 Å². The average Bonchev–Trinajstić information content (AvgIpc) is 2.85. The van der Waals surface area contributed by atoms with E-state index in [1.807, 2.05) is 60.0 Å². The number of fused-ring (bicyclic) bond motifs is 2. The third-order valence-electron chi connectivity index (χ3n) is 3.77. The van der Waals surface area contributed by atoms with Crippen molar-refractivity contribution in [1.29, 1.82) is 0 Å². The standard InChI is InChI=1S/C17H14N4/c1-11-5-4-10-21-16(18)15(20-17(11)21)13-8-2-6-12-7-3-9-19-14(12)13/h2-10H,18H2,1H3. The van der Waals surface area contributed by atoms with Crippen LogP contribution < -0.4 is 5.73 Å². The summed E-state index contributed by atoms with van der Waals surface area (Å²) < 4.78 is 1.92. The molecule has 0 aliphatic rings. The van der Waals surface area contributed by atoms with Crippen LogP contribution in [0.25, 0.3) is 27.8 Å². The van der Waals surface area contributed by atoms with Crippen LogP contribution in [0.1, 0.15) is 5.56 Å². The zero-order chi connectivity index (χ0) is 14.4. The molecule has 4 aromatic rings. The first-order chi connectivity index (χ1) is 10.3. The predicted molar refractivity (Wildman–Crippen MR) is 85.1 cm³/mol. The molecule has 4 heteroatoms. The van der Waals surface area contributed by atoms with Gasteiger partial charge in [-0.25, -0.2) is 4.98 Å². The van der Waals surface area contributed by atoms with Crippen LogP contribution >= 0.6 is 0 Å². The van der Waals surface area contributed by atoms with Crippen molar-refractivity contribution >= 4 is 22.4 Å². The lowest BCUT2D eigenvalue weighted by Gasteiger charge is -2.03. The van der Waals surface area contributed by atoms with Crippen LogP contribution in [-0.4, -0.2) is 14.4 Å². The van der Waals surface area contributed by atoms with Crippen molar-refractivity contribution in [2.75, 3.05) is 5.73 Å². The van der Waals surface area contributed by atoms with Crippen LogP contribution in [0.3, 0.4) is 0 Å². The number of benzene rings is 1. The number of anilines is 1. The summed E-state index contributed by atoms with van der Waals surface area (Å²) in [6.45, 7) is 2.03. The van der Waals surface area contributed by atoms with E-state index in [9.17, 15) is 0 Å². The van der Waals surface area contributed by atoms with Gasteiger partial charge in [-0.2, -0.15) is 0 Å². The van der Waals surface area contributed by atoms with Crippen molar-refractivity contribution in [1.82, 2.24) is 14.4 Å². The van der Waals surface area contributed by atoms with E-state index in [0.717, 1.165) is 33.4 Å². The molecule has 0 saturated heterocycles. The Morgan fingerprint density at radius 3 is 2.76 bits per heavy atom. The topological polar surface area (TPSA) is 56.2 Å². The van der Waals surface area contributed by atoms with E-state index in [4.69, 9.17) is 10.7 Å². The number of nitrogens with two attached hydrogens (primary N) is 1. The minimum atomic E-state index is 0.645. The van der Waals surface area contributed by atoms with Gasteiger partial charge in [0, 0.05) is 23.3 Å². The Morgan fingerprint density at radius 1 is 1.05 bits per heavy atom. The molecule has 0 saturated carbocycles. The van der Waals surface area contributed by atoms with Gasteiger partial charge in [-0.1, -0.05) is 30.3 Å². The smallest absolute Gasteiger partial charge is 0.142 e. The third kappa shape index (κ3) is 1.69. The molecule has 4 rings (SSSR count). The predicted octanol–water partition coefficient (Wildman–Crippen LogP) is 3.44. The first-order valence-electron chi connectivity index (χ1n) is 6.83. The first-order valence-corrected chi connectivity index (χ1v) is 6.83. The molecule has 0 aliphatic carbocycles. The lowest BCUT2D eigenvalue weighted by atomic mass is 10.1. The number of para-hydroxylation sites is 1. The fourth-order valence-corrected chi connectivity index (χ4v) is 2.72. The first kappa shape index (κ1) is 11.9. The zero-order valence-electron chi connectivity index (χ0n) is 11.6. The second-order valence-electron chi connectivity index (χ2n) is 5.11. The van der Waals surface area contributed by atoms with Crippen molar-refractivity contribution in [3.63, 3.8) is 0 Å². The van der Waals surface area contributed by atoms with Gasteiger partial charge < -0.3 is 5.73 Å². The van der Waals surface area contributed by atoms with Gasteiger partial charge in [0.2, 0.25) is 0 Å². The summed E-state index contributed by atoms with van der Waals surface area (Å²) in [7, 11) is 0. The summed E-state index contributed by atoms with van der Waals surface area (Å²) >= 11 is 0. The number of pyridine rings is 2. The van der Waals surface area contributed by atoms with Crippen LogP contribution in [0.2, 0.25) is 0 Å². The minimum absolute atomic E-state index is 0.645. The van der Waals surface area contributed by atoms with Gasteiger partial charge in [-0.3, -0.25) is 9.38 Å². The summed E-state index contributed by atoms with van der Waals surface area (Å²) in [5, 5.41) is 1.09. The van der Waals surface area contributed by atoms with E-state index in [2.05, 4.69) is 4.98 Å². The van der Waals surface area contributed by atoms with Gasteiger partial charge in [0.1, 0.15) is 17.2 Å². The quantitative estimate of drug-likeness (QED) is 0.578. The summed E-state index contributed by atoms with van der Waals surface area (Å²) in [5.74, 6) is 0.645. The van der Waals surface area contributed by atoms with Crippen LogP contribution in [0.5, 0.6) is 0 Å². The van der Waals surface area contributed by atoms with E-state index >= 15 is 0 Å². The number of rotatable bonds is 1. The number of imidazole rings is 1. The van der Waals surface area contributed by atoms with Crippen molar-refractivity contribution < 1.29 is 0 Å². The van der Waals surface area contributed by atoms with Crippen LogP contribution in [-0.2, 0) is 0 Å². The molecule has 0 radical (unpaired) electrons. The summed E-state index contributed by atoms with van der Waals surface area (Å²) in [6, 6.07) is 14.1. The maximum atomic E-state index is 6.30. The molecule has 2 N–H and O–H groups in total. The van der Waals surface area contributed by atoms with Crippen molar-refractivity contribution in [3.8, 4) is 11.3 Å². The van der Waals surface area contributed by atoms with Crippen molar-refractivity contribution in [2.45, 2.75) is 6.92 Å². The normalized spacial score (nSPS) is 11.3. The Bertz CT molecular complexity index is 964. The highest BCUT2D eigenvalue weighted by Gasteiger charge is 2.15. The lowest BCUT2D eigenvalue weighted by Crippen LogP contribution is -1.95.